The summed E-state index contributed by atoms with van der Waals surface area (Å²) in [6.45, 7) is 1.70. The fourth-order valence-corrected chi connectivity index (χ4v) is 6.01. The van der Waals surface area contributed by atoms with Crippen molar-refractivity contribution in [2.45, 2.75) is 18.5 Å². The zero-order valence-corrected chi connectivity index (χ0v) is 17.3. The summed E-state index contributed by atoms with van der Waals surface area (Å²) in [5, 5.41) is 1.35. The van der Waals surface area contributed by atoms with Gasteiger partial charge in [-0.15, -0.1) is 11.3 Å². The summed E-state index contributed by atoms with van der Waals surface area (Å²) in [4.78, 5) is 3.99. The third kappa shape index (κ3) is 3.51. The van der Waals surface area contributed by atoms with E-state index in [1.807, 2.05) is 31.2 Å². The first kappa shape index (κ1) is 19.5. The van der Waals surface area contributed by atoms with E-state index in [2.05, 4.69) is 4.98 Å². The molecule has 0 unspecified atom stereocenters. The highest BCUT2D eigenvalue weighted by molar-refractivity contribution is 7.93. The molecule has 2 heterocycles. The first-order chi connectivity index (χ1) is 13.8. The molecule has 0 saturated heterocycles. The lowest BCUT2D eigenvalue weighted by atomic mass is 10.2. The Bertz CT molecular complexity index is 1310. The zero-order valence-electron chi connectivity index (χ0n) is 15.6. The molecule has 0 spiro atoms. The van der Waals surface area contributed by atoms with E-state index in [1.165, 1.54) is 34.2 Å². The molecule has 0 bridgehead atoms. The number of anilines is 1. The molecule has 4 aromatic rings. The lowest BCUT2D eigenvalue weighted by Crippen LogP contribution is -2.30. The maximum atomic E-state index is 13.7. The number of aromatic nitrogens is 2. The van der Waals surface area contributed by atoms with Crippen LogP contribution in [0.3, 0.4) is 0 Å². The molecule has 0 amide bonds. The molecule has 2 aromatic carbocycles. The number of fused-ring (bicyclic) bond motifs is 1. The van der Waals surface area contributed by atoms with Crippen LogP contribution in [0, 0.1) is 18.6 Å². The van der Waals surface area contributed by atoms with Gasteiger partial charge in [-0.3, -0.25) is 4.31 Å². The van der Waals surface area contributed by atoms with Gasteiger partial charge in [0.1, 0.15) is 5.00 Å². The molecule has 4 rings (SSSR count). The van der Waals surface area contributed by atoms with Crippen molar-refractivity contribution in [1.82, 2.24) is 9.55 Å². The van der Waals surface area contributed by atoms with Crippen molar-refractivity contribution in [3.8, 4) is 0 Å². The molecule has 29 heavy (non-hydrogen) atoms. The summed E-state index contributed by atoms with van der Waals surface area (Å²) >= 11 is 1.33. The number of hydrogen-bond acceptors (Lipinski definition) is 4. The molecule has 0 aliphatic heterocycles. The van der Waals surface area contributed by atoms with E-state index in [0.29, 0.717) is 10.6 Å². The Morgan fingerprint density at radius 1 is 1.14 bits per heavy atom. The first-order valence-electron chi connectivity index (χ1n) is 8.70. The smallest absolute Gasteiger partial charge is 0.284 e. The van der Waals surface area contributed by atoms with Crippen molar-refractivity contribution in [3.63, 3.8) is 0 Å². The van der Waals surface area contributed by atoms with Gasteiger partial charge < -0.3 is 4.57 Å². The summed E-state index contributed by atoms with van der Waals surface area (Å²) in [7, 11) is -2.35. The van der Waals surface area contributed by atoms with Crippen molar-refractivity contribution >= 4 is 36.4 Å². The number of benzene rings is 2. The van der Waals surface area contributed by atoms with Gasteiger partial charge in [-0.05, 0) is 41.6 Å². The fraction of sp³-hybridized carbons (Fsp3) is 0.150. The van der Waals surface area contributed by atoms with Gasteiger partial charge in [-0.2, -0.15) is 8.42 Å². The van der Waals surface area contributed by atoms with E-state index in [9.17, 15) is 17.2 Å². The molecule has 150 valence electrons. The molecule has 0 N–H and O–H groups in total. The number of aryl methyl sites for hydroxylation is 2. The number of hydrogen-bond donors (Lipinski definition) is 0. The number of rotatable bonds is 5. The van der Waals surface area contributed by atoms with Gasteiger partial charge in [0.15, 0.2) is 16.7 Å². The normalized spacial score (nSPS) is 11.9. The molecule has 0 radical (unpaired) electrons. The number of sulfonamides is 1. The Kier molecular flexibility index (Phi) is 4.87. The van der Waals surface area contributed by atoms with Crippen LogP contribution in [0.4, 0.5) is 13.8 Å². The highest BCUT2D eigenvalue weighted by Gasteiger charge is 2.30. The Hall–Kier alpha value is -2.78. The molecule has 0 fully saturated rings. The van der Waals surface area contributed by atoms with Gasteiger partial charge in [-0.25, -0.2) is 13.8 Å². The van der Waals surface area contributed by atoms with Gasteiger partial charge in [0.2, 0.25) is 0 Å². The predicted octanol–water partition coefficient (Wildman–Crippen LogP) is 4.62. The molecule has 0 aliphatic carbocycles. The lowest BCUT2D eigenvalue weighted by Gasteiger charge is -2.23. The van der Waals surface area contributed by atoms with E-state index in [1.54, 1.807) is 11.6 Å². The quantitative estimate of drug-likeness (QED) is 0.462. The van der Waals surface area contributed by atoms with E-state index < -0.39 is 21.7 Å². The third-order valence-electron chi connectivity index (χ3n) is 4.59. The number of halogens is 2. The Morgan fingerprint density at radius 2 is 1.90 bits per heavy atom. The predicted molar refractivity (Wildman–Crippen MR) is 109 cm³/mol. The molecule has 2 aromatic heterocycles. The van der Waals surface area contributed by atoms with Crippen LogP contribution in [0.25, 0.3) is 10.1 Å². The summed E-state index contributed by atoms with van der Waals surface area (Å²) in [5.41, 5.74) is 1.13. The van der Waals surface area contributed by atoms with Crippen LogP contribution in [0.2, 0.25) is 0 Å². The van der Waals surface area contributed by atoms with Crippen LogP contribution in [-0.2, 0) is 23.6 Å². The average Bonchev–Trinajstić information content (AvgIpc) is 3.27. The van der Waals surface area contributed by atoms with E-state index in [4.69, 9.17) is 0 Å². The highest BCUT2D eigenvalue weighted by atomic mass is 32.2. The van der Waals surface area contributed by atoms with Crippen molar-refractivity contribution in [2.75, 3.05) is 4.31 Å². The molecule has 0 atom stereocenters. The van der Waals surface area contributed by atoms with Gasteiger partial charge in [0, 0.05) is 17.9 Å². The minimum Gasteiger partial charge on any atom is -0.339 e. The van der Waals surface area contributed by atoms with Crippen LogP contribution in [0.5, 0.6) is 0 Å². The Balaban J connectivity index is 1.88. The van der Waals surface area contributed by atoms with Crippen molar-refractivity contribution in [3.05, 3.63) is 77.8 Å². The van der Waals surface area contributed by atoms with Gasteiger partial charge in [0.25, 0.3) is 10.0 Å². The Morgan fingerprint density at radius 3 is 2.55 bits per heavy atom. The summed E-state index contributed by atoms with van der Waals surface area (Å²) < 4.78 is 57.6. The third-order valence-corrected chi connectivity index (χ3v) is 7.63. The van der Waals surface area contributed by atoms with Crippen molar-refractivity contribution in [2.24, 2.45) is 7.05 Å². The average molecular weight is 434 g/mol. The molecule has 5 nitrogen and oxygen atoms in total. The van der Waals surface area contributed by atoms with Crippen molar-refractivity contribution < 1.29 is 17.2 Å². The number of imidazole rings is 1. The van der Waals surface area contributed by atoms with E-state index in [0.717, 1.165) is 27.8 Å². The highest BCUT2D eigenvalue weighted by Crippen LogP contribution is 2.40. The molecule has 9 heteroatoms. The van der Waals surface area contributed by atoms with E-state index in [-0.39, 0.29) is 11.6 Å². The topological polar surface area (TPSA) is 55.2 Å². The first-order valence-corrected chi connectivity index (χ1v) is 11.0. The van der Waals surface area contributed by atoms with Crippen LogP contribution in [0.15, 0.2) is 60.0 Å². The van der Waals surface area contributed by atoms with Crippen LogP contribution in [0.1, 0.15) is 11.1 Å². The Labute approximate surface area is 170 Å². The number of nitrogens with zero attached hydrogens (tertiary/aromatic N) is 3. The molecule has 0 aliphatic rings. The second kappa shape index (κ2) is 7.23. The van der Waals surface area contributed by atoms with Gasteiger partial charge in [0.05, 0.1) is 12.9 Å². The zero-order chi connectivity index (χ0) is 20.8. The van der Waals surface area contributed by atoms with Crippen molar-refractivity contribution in [1.29, 1.82) is 0 Å². The molecule has 0 saturated carbocycles. The largest absolute Gasteiger partial charge is 0.339 e. The minimum absolute atomic E-state index is 0.112. The second-order valence-electron chi connectivity index (χ2n) is 6.67. The molecular weight excluding hydrogens is 416 g/mol. The lowest BCUT2D eigenvalue weighted by molar-refractivity contribution is 0.507. The van der Waals surface area contributed by atoms with Crippen LogP contribution in [-0.4, -0.2) is 18.0 Å². The minimum atomic E-state index is -4.03. The summed E-state index contributed by atoms with van der Waals surface area (Å²) in [6, 6.07) is 11.0. The fourth-order valence-electron chi connectivity index (χ4n) is 3.10. The second-order valence-corrected chi connectivity index (χ2v) is 9.51. The number of thiophene rings is 1. The standard InChI is InChI=1S/C20H17F2N3O2S2/c1-13-15-5-3-4-6-18(15)28-20(13)25(10-14-7-8-16(21)17(22)9-14)29(26,27)19-11-24(2)12-23-19/h3-9,11-12H,10H2,1-2H3. The monoisotopic (exact) mass is 433 g/mol. The summed E-state index contributed by atoms with van der Waals surface area (Å²) in [6.07, 6.45) is 2.82. The summed E-state index contributed by atoms with van der Waals surface area (Å²) in [5.74, 6) is -2.00. The van der Waals surface area contributed by atoms with Gasteiger partial charge in [-0.1, -0.05) is 24.3 Å². The SMILES string of the molecule is Cc1c(N(Cc2ccc(F)c(F)c2)S(=O)(=O)c2cn(C)cn2)sc2ccccc12. The molecular formula is C20H17F2N3O2S2. The van der Waals surface area contributed by atoms with Gasteiger partial charge >= 0.3 is 0 Å². The van der Waals surface area contributed by atoms with E-state index >= 15 is 0 Å². The maximum absolute atomic E-state index is 13.7. The van der Waals surface area contributed by atoms with Crippen LogP contribution < -0.4 is 4.31 Å². The maximum Gasteiger partial charge on any atom is 0.284 e. The van der Waals surface area contributed by atoms with Crippen LogP contribution >= 0.6 is 11.3 Å².